The number of hydrogen-bond acceptors (Lipinski definition) is 4. The van der Waals surface area contributed by atoms with Gasteiger partial charge in [0.05, 0.1) is 28.4 Å². The van der Waals surface area contributed by atoms with E-state index in [9.17, 15) is 22.4 Å². The molecule has 4 heterocycles. The number of anilines is 1. The number of pyridine rings is 3. The van der Waals surface area contributed by atoms with Crippen LogP contribution in [-0.2, 0) is 11.2 Å². The Morgan fingerprint density at radius 3 is 2.51 bits per heavy atom. The molecule has 208 valence electrons. The van der Waals surface area contributed by atoms with E-state index in [0.29, 0.717) is 39.5 Å². The van der Waals surface area contributed by atoms with Crippen LogP contribution in [-0.4, -0.2) is 32.3 Å². The highest BCUT2D eigenvalue weighted by Gasteiger charge is 2.27. The topological polar surface area (TPSA) is 83.6 Å². The zero-order chi connectivity index (χ0) is 28.5. The van der Waals surface area contributed by atoms with Crippen LogP contribution in [0.25, 0.3) is 33.5 Å². The van der Waals surface area contributed by atoms with Crippen molar-refractivity contribution < 1.29 is 22.4 Å². The number of nitrogens with zero attached hydrogens (tertiary/aromatic N) is 3. The Morgan fingerprint density at radius 1 is 1.00 bits per heavy atom. The third-order valence-electron chi connectivity index (χ3n) is 7.24. The molecule has 0 aliphatic heterocycles. The van der Waals surface area contributed by atoms with E-state index in [-0.39, 0.29) is 11.4 Å². The molecule has 1 aliphatic rings. The lowest BCUT2D eigenvalue weighted by Gasteiger charge is -2.17. The fraction of sp³-hybridized carbons (Fsp3) is 0.226. The lowest BCUT2D eigenvalue weighted by Crippen LogP contribution is -2.23. The van der Waals surface area contributed by atoms with Crippen molar-refractivity contribution in [2.75, 3.05) is 5.32 Å². The Hall–Kier alpha value is -4.60. The van der Waals surface area contributed by atoms with Gasteiger partial charge in [0.2, 0.25) is 18.3 Å². The molecule has 6 nitrogen and oxygen atoms in total. The summed E-state index contributed by atoms with van der Waals surface area (Å²) in [5.74, 6) is -2.37. The van der Waals surface area contributed by atoms with Crippen molar-refractivity contribution in [1.29, 1.82) is 0 Å². The summed E-state index contributed by atoms with van der Waals surface area (Å²) in [6.07, 6.45) is 2.57. The molecule has 5 aromatic rings. The van der Waals surface area contributed by atoms with Crippen LogP contribution >= 0.6 is 0 Å². The van der Waals surface area contributed by atoms with Gasteiger partial charge in [-0.25, -0.2) is 23.1 Å². The average molecular weight is 560 g/mol. The van der Waals surface area contributed by atoms with Crippen molar-refractivity contribution in [3.8, 4) is 22.5 Å². The molecule has 10 heteroatoms. The Morgan fingerprint density at radius 2 is 1.80 bits per heavy atom. The van der Waals surface area contributed by atoms with E-state index in [2.05, 4.69) is 25.3 Å². The fourth-order valence-electron chi connectivity index (χ4n) is 5.10. The Kier molecular flexibility index (Phi) is 7.21. The molecule has 0 saturated heterocycles. The smallest absolute Gasteiger partial charge is 0.239 e. The highest BCUT2D eigenvalue weighted by molar-refractivity contribution is 6.02. The van der Waals surface area contributed by atoms with Gasteiger partial charge in [-0.05, 0) is 78.8 Å². The monoisotopic (exact) mass is 559 g/mol. The third-order valence-corrected chi connectivity index (χ3v) is 7.24. The van der Waals surface area contributed by atoms with Crippen LogP contribution in [0, 0.1) is 17.7 Å². The van der Waals surface area contributed by atoms with Crippen LogP contribution < -0.4 is 5.32 Å². The molecular weight excluding hydrogens is 534 g/mol. The van der Waals surface area contributed by atoms with Crippen molar-refractivity contribution in [2.45, 2.75) is 38.0 Å². The predicted molar refractivity (Wildman–Crippen MR) is 147 cm³/mol. The van der Waals surface area contributed by atoms with Crippen LogP contribution in [0.4, 0.5) is 23.4 Å². The van der Waals surface area contributed by atoms with Gasteiger partial charge in [-0.1, -0.05) is 18.2 Å². The number of aromatic nitrogens is 4. The van der Waals surface area contributed by atoms with Gasteiger partial charge in [-0.3, -0.25) is 9.78 Å². The van der Waals surface area contributed by atoms with Crippen LogP contribution in [0.3, 0.4) is 0 Å². The van der Waals surface area contributed by atoms with Crippen molar-refractivity contribution >= 4 is 22.8 Å². The molecule has 1 amide bonds. The molecule has 1 saturated carbocycles. The SMILES string of the molecule is O=C(Nc1cc(-c2[nH]c3c(CC4CC4)cc(F)nc3c2-c2ccccn2)ccn1)[C@@H](CC(F)F)c1ccc(F)cc1. The van der Waals surface area contributed by atoms with Gasteiger partial charge in [0.1, 0.15) is 17.2 Å². The summed E-state index contributed by atoms with van der Waals surface area (Å²) in [5.41, 5.74) is 4.66. The van der Waals surface area contributed by atoms with Crippen LogP contribution in [0.15, 0.2) is 73.1 Å². The van der Waals surface area contributed by atoms with Gasteiger partial charge in [-0.15, -0.1) is 0 Å². The van der Waals surface area contributed by atoms with Crippen LogP contribution in [0.2, 0.25) is 0 Å². The number of rotatable bonds is 9. The quantitative estimate of drug-likeness (QED) is 0.147. The fourth-order valence-corrected chi connectivity index (χ4v) is 5.10. The van der Waals surface area contributed by atoms with E-state index < -0.39 is 36.4 Å². The van der Waals surface area contributed by atoms with Crippen molar-refractivity contribution in [3.63, 3.8) is 0 Å². The number of halogens is 4. The normalized spacial score (nSPS) is 14.0. The minimum absolute atomic E-state index is 0.136. The summed E-state index contributed by atoms with van der Waals surface area (Å²) in [6.45, 7) is 0. The summed E-state index contributed by atoms with van der Waals surface area (Å²) >= 11 is 0. The lowest BCUT2D eigenvalue weighted by atomic mass is 9.95. The van der Waals surface area contributed by atoms with Gasteiger partial charge >= 0.3 is 0 Å². The van der Waals surface area contributed by atoms with E-state index in [1.165, 1.54) is 24.4 Å². The molecule has 1 atom stereocenters. The molecule has 6 rings (SSSR count). The van der Waals surface area contributed by atoms with Crippen LogP contribution in [0.1, 0.15) is 36.3 Å². The summed E-state index contributed by atoms with van der Waals surface area (Å²) in [5, 5.41) is 2.64. The minimum atomic E-state index is -2.75. The molecule has 0 bridgehead atoms. The number of carbonyl (C=O) groups is 1. The van der Waals surface area contributed by atoms with Gasteiger partial charge in [0.15, 0.2) is 0 Å². The lowest BCUT2D eigenvalue weighted by molar-refractivity contribution is -0.118. The number of benzene rings is 1. The third kappa shape index (κ3) is 5.82. The van der Waals surface area contributed by atoms with Gasteiger partial charge in [0.25, 0.3) is 0 Å². The second kappa shape index (κ2) is 11.1. The minimum Gasteiger partial charge on any atom is -0.352 e. The number of aromatic amines is 1. The van der Waals surface area contributed by atoms with E-state index in [1.54, 1.807) is 30.5 Å². The number of carbonyl (C=O) groups excluding carboxylic acids is 1. The molecule has 41 heavy (non-hydrogen) atoms. The Labute approximate surface area is 232 Å². The van der Waals surface area contributed by atoms with Crippen molar-refractivity contribution in [2.24, 2.45) is 5.92 Å². The average Bonchev–Trinajstić information content (AvgIpc) is 3.69. The van der Waals surface area contributed by atoms with Crippen molar-refractivity contribution in [3.05, 3.63) is 95.9 Å². The molecule has 4 aromatic heterocycles. The molecule has 1 aliphatic carbocycles. The number of alkyl halides is 2. The summed E-state index contributed by atoms with van der Waals surface area (Å²) in [6, 6.07) is 15.1. The van der Waals surface area contributed by atoms with Crippen molar-refractivity contribution in [1.82, 2.24) is 19.9 Å². The standard InChI is InChI=1S/C31H25F4N5O/c32-21-8-6-18(7-9-21)22(16-24(33)34)31(41)39-26-15-19(10-12-37-26)28-27(23-3-1-2-11-36-23)30-29(40-28)20(13-17-4-5-17)14-25(35)38-30/h1-3,6-12,14-15,17,22,24,40H,4-5,13,16H2,(H,37,39,41)/t22-/m0/s1. The largest absolute Gasteiger partial charge is 0.352 e. The van der Waals surface area contributed by atoms with Gasteiger partial charge < -0.3 is 10.3 Å². The maximum absolute atomic E-state index is 14.7. The molecule has 1 fully saturated rings. The second-order valence-corrected chi connectivity index (χ2v) is 10.2. The molecule has 0 radical (unpaired) electrons. The van der Waals surface area contributed by atoms with E-state index in [0.717, 1.165) is 37.0 Å². The first kappa shape index (κ1) is 26.6. The molecule has 1 aromatic carbocycles. The first-order valence-corrected chi connectivity index (χ1v) is 13.3. The number of nitrogens with one attached hydrogen (secondary N) is 2. The Bertz CT molecular complexity index is 1700. The van der Waals surface area contributed by atoms with E-state index in [1.807, 2.05) is 6.07 Å². The zero-order valence-electron chi connectivity index (χ0n) is 21.8. The van der Waals surface area contributed by atoms with Crippen LogP contribution in [0.5, 0.6) is 0 Å². The summed E-state index contributed by atoms with van der Waals surface area (Å²) in [4.78, 5) is 29.5. The highest BCUT2D eigenvalue weighted by atomic mass is 19.3. The molecular formula is C31H25F4N5O. The number of H-pyrrole nitrogens is 1. The Balaban J connectivity index is 1.40. The van der Waals surface area contributed by atoms with Gasteiger partial charge in [-0.2, -0.15) is 4.39 Å². The summed E-state index contributed by atoms with van der Waals surface area (Å²) in [7, 11) is 0. The molecule has 0 spiro atoms. The van der Waals surface area contributed by atoms with Gasteiger partial charge in [0, 0.05) is 24.4 Å². The first-order valence-electron chi connectivity index (χ1n) is 13.3. The summed E-state index contributed by atoms with van der Waals surface area (Å²) < 4.78 is 54.9. The number of fused-ring (bicyclic) bond motifs is 1. The maximum atomic E-state index is 14.7. The predicted octanol–water partition coefficient (Wildman–Crippen LogP) is 7.30. The zero-order valence-corrected chi connectivity index (χ0v) is 21.8. The highest BCUT2D eigenvalue weighted by Crippen LogP contribution is 2.40. The number of amides is 1. The molecule has 2 N–H and O–H groups in total. The maximum Gasteiger partial charge on any atom is 0.239 e. The number of hydrogen-bond donors (Lipinski definition) is 2. The van der Waals surface area contributed by atoms with E-state index in [4.69, 9.17) is 0 Å². The molecule has 0 unspecified atom stereocenters. The second-order valence-electron chi connectivity index (χ2n) is 10.2. The first-order chi connectivity index (χ1) is 19.9. The van der Waals surface area contributed by atoms with E-state index >= 15 is 0 Å².